The molecule has 3 aromatic rings. The number of nitrogens with zero attached hydrogens (tertiary/aromatic N) is 2. The van der Waals surface area contributed by atoms with E-state index in [-0.39, 0.29) is 17.9 Å². The summed E-state index contributed by atoms with van der Waals surface area (Å²) in [5, 5.41) is 4.08. The number of carbonyl (C=O) groups is 1. The van der Waals surface area contributed by atoms with Gasteiger partial charge in [0.05, 0.1) is 17.8 Å². The summed E-state index contributed by atoms with van der Waals surface area (Å²) < 4.78 is 27.8. The fourth-order valence-electron chi connectivity index (χ4n) is 3.44. The van der Waals surface area contributed by atoms with Crippen LogP contribution in [0.2, 0.25) is 0 Å². The lowest BCUT2D eigenvalue weighted by atomic mass is 10.0. The number of amides is 1. The molecule has 0 aliphatic carbocycles. The lowest BCUT2D eigenvalue weighted by Gasteiger charge is -2.25. The maximum atomic E-state index is 14.2. The van der Waals surface area contributed by atoms with Crippen LogP contribution in [0.25, 0.3) is 0 Å². The molecule has 0 N–H and O–H groups in total. The van der Waals surface area contributed by atoms with Crippen LogP contribution in [0.4, 0.5) is 8.78 Å². The highest BCUT2D eigenvalue weighted by Crippen LogP contribution is 2.21. The zero-order valence-electron chi connectivity index (χ0n) is 16.2. The van der Waals surface area contributed by atoms with E-state index < -0.39 is 17.8 Å². The predicted molar refractivity (Wildman–Crippen MR) is 110 cm³/mol. The van der Waals surface area contributed by atoms with Gasteiger partial charge in [0.25, 0.3) is 5.91 Å². The average Bonchev–Trinajstić information content (AvgIpc) is 3.23. The van der Waals surface area contributed by atoms with Crippen molar-refractivity contribution in [2.75, 3.05) is 6.54 Å². The third-order valence-corrected chi connectivity index (χ3v) is 4.92. The first-order chi connectivity index (χ1) is 14.6. The number of benzene rings is 3. The Balaban J connectivity index is 1.52. The zero-order chi connectivity index (χ0) is 20.9. The lowest BCUT2D eigenvalue weighted by molar-refractivity contribution is 0.0402. The van der Waals surface area contributed by atoms with Crippen LogP contribution >= 0.6 is 0 Å². The van der Waals surface area contributed by atoms with Gasteiger partial charge >= 0.3 is 0 Å². The average molecular weight is 406 g/mol. The van der Waals surface area contributed by atoms with E-state index in [1.54, 1.807) is 29.2 Å². The van der Waals surface area contributed by atoms with Gasteiger partial charge in [0, 0.05) is 18.5 Å². The first-order valence-corrected chi connectivity index (χ1v) is 9.66. The fourth-order valence-corrected chi connectivity index (χ4v) is 3.44. The van der Waals surface area contributed by atoms with E-state index in [0.29, 0.717) is 24.2 Å². The van der Waals surface area contributed by atoms with Crippen molar-refractivity contribution < 1.29 is 18.4 Å². The minimum absolute atomic E-state index is 0.0118. The first-order valence-electron chi connectivity index (χ1n) is 9.66. The number of halogens is 2. The molecule has 0 spiro atoms. The van der Waals surface area contributed by atoms with Crippen LogP contribution in [0.5, 0.6) is 0 Å². The van der Waals surface area contributed by atoms with Crippen molar-refractivity contribution in [1.82, 2.24) is 4.90 Å². The molecule has 1 heterocycles. The van der Waals surface area contributed by atoms with Gasteiger partial charge in [0.15, 0.2) is 6.10 Å². The van der Waals surface area contributed by atoms with Crippen molar-refractivity contribution in [2.45, 2.75) is 19.1 Å². The number of carbonyl (C=O) groups excluding carboxylic acids is 1. The Labute approximate surface area is 173 Å². The van der Waals surface area contributed by atoms with E-state index in [1.165, 1.54) is 24.3 Å². The highest BCUT2D eigenvalue weighted by atomic mass is 19.1. The maximum absolute atomic E-state index is 14.2. The van der Waals surface area contributed by atoms with Crippen LogP contribution < -0.4 is 0 Å². The predicted octanol–water partition coefficient (Wildman–Crippen LogP) is 4.80. The van der Waals surface area contributed by atoms with E-state index in [4.69, 9.17) is 4.84 Å². The van der Waals surface area contributed by atoms with Gasteiger partial charge in [-0.15, -0.1) is 0 Å². The summed E-state index contributed by atoms with van der Waals surface area (Å²) in [6.45, 7) is 0.535. The molecule has 4 rings (SSSR count). The Morgan fingerprint density at radius 1 is 1.00 bits per heavy atom. The molecular weight excluding hydrogens is 386 g/mol. The highest BCUT2D eigenvalue weighted by Gasteiger charge is 2.28. The Morgan fingerprint density at radius 2 is 1.77 bits per heavy atom. The van der Waals surface area contributed by atoms with Gasteiger partial charge in [-0.2, -0.15) is 0 Å². The molecule has 1 unspecified atom stereocenters. The topological polar surface area (TPSA) is 41.9 Å². The number of hydrogen-bond donors (Lipinski definition) is 0. The summed E-state index contributed by atoms with van der Waals surface area (Å²) in [6.07, 6.45) is 0.0296. The monoisotopic (exact) mass is 406 g/mol. The quantitative estimate of drug-likeness (QED) is 0.590. The number of oxime groups is 1. The van der Waals surface area contributed by atoms with Crippen LogP contribution in [-0.2, 0) is 11.4 Å². The van der Waals surface area contributed by atoms with Crippen LogP contribution in [0.1, 0.15) is 27.9 Å². The summed E-state index contributed by atoms with van der Waals surface area (Å²) >= 11 is 0. The second kappa shape index (κ2) is 8.86. The molecule has 1 aliphatic rings. The molecule has 1 amide bonds. The van der Waals surface area contributed by atoms with Crippen molar-refractivity contribution in [3.05, 3.63) is 107 Å². The summed E-state index contributed by atoms with van der Waals surface area (Å²) in [5.74, 6) is -1.33. The molecule has 3 aromatic carbocycles. The van der Waals surface area contributed by atoms with Gasteiger partial charge in [0.1, 0.15) is 11.6 Å². The van der Waals surface area contributed by atoms with Crippen LogP contribution in [0.15, 0.2) is 84.0 Å². The summed E-state index contributed by atoms with van der Waals surface area (Å²) in [4.78, 5) is 20.2. The standard InChI is InChI=1S/C24H20F2N2O2/c25-19-10-6-9-18(13-19)23-14-20(30-27-23)16-28(15-17-7-2-1-3-8-17)24(29)21-11-4-5-12-22(21)26/h1-13,20H,14-16H2. The summed E-state index contributed by atoms with van der Waals surface area (Å²) in [6, 6.07) is 21.6. The highest BCUT2D eigenvalue weighted by molar-refractivity contribution is 6.01. The minimum atomic E-state index is -0.565. The van der Waals surface area contributed by atoms with Gasteiger partial charge in [-0.1, -0.05) is 59.8 Å². The minimum Gasteiger partial charge on any atom is -0.390 e. The molecule has 1 aliphatic heterocycles. The number of hydrogen-bond acceptors (Lipinski definition) is 3. The molecule has 0 fully saturated rings. The molecule has 152 valence electrons. The fraction of sp³-hybridized carbons (Fsp3) is 0.167. The molecule has 4 nitrogen and oxygen atoms in total. The first kappa shape index (κ1) is 19.8. The van der Waals surface area contributed by atoms with Crippen LogP contribution in [0.3, 0.4) is 0 Å². The SMILES string of the molecule is O=C(c1ccccc1F)N(Cc1ccccc1)CC1CC(c2cccc(F)c2)=NO1. The summed E-state index contributed by atoms with van der Waals surface area (Å²) in [7, 11) is 0. The molecular formula is C24H20F2N2O2. The summed E-state index contributed by atoms with van der Waals surface area (Å²) in [5.41, 5.74) is 2.20. The van der Waals surface area contributed by atoms with E-state index in [2.05, 4.69) is 5.16 Å². The molecule has 30 heavy (non-hydrogen) atoms. The van der Waals surface area contributed by atoms with E-state index in [9.17, 15) is 13.6 Å². The third kappa shape index (κ3) is 4.54. The Bertz CT molecular complexity index is 1070. The molecule has 0 saturated carbocycles. The van der Waals surface area contributed by atoms with Gasteiger partial charge in [-0.25, -0.2) is 8.78 Å². The molecule has 0 bridgehead atoms. The molecule has 1 atom stereocenters. The molecule has 0 aromatic heterocycles. The van der Waals surface area contributed by atoms with Crippen LogP contribution in [0, 0.1) is 11.6 Å². The van der Waals surface area contributed by atoms with Gasteiger partial charge < -0.3 is 9.74 Å². The third-order valence-electron chi connectivity index (χ3n) is 4.92. The Hall–Kier alpha value is -3.54. The van der Waals surface area contributed by atoms with Crippen molar-refractivity contribution in [3.63, 3.8) is 0 Å². The van der Waals surface area contributed by atoms with E-state index in [1.807, 2.05) is 30.3 Å². The second-order valence-corrected chi connectivity index (χ2v) is 7.13. The number of rotatable bonds is 6. The van der Waals surface area contributed by atoms with Gasteiger partial charge in [-0.3, -0.25) is 4.79 Å². The van der Waals surface area contributed by atoms with Crippen molar-refractivity contribution in [3.8, 4) is 0 Å². The van der Waals surface area contributed by atoms with Crippen molar-refractivity contribution in [2.24, 2.45) is 5.16 Å². The molecule has 6 heteroatoms. The molecule has 0 saturated heterocycles. The largest absolute Gasteiger partial charge is 0.390 e. The smallest absolute Gasteiger partial charge is 0.257 e. The lowest BCUT2D eigenvalue weighted by Crippen LogP contribution is -2.37. The normalized spacial score (nSPS) is 15.4. The van der Waals surface area contributed by atoms with E-state index in [0.717, 1.165) is 5.56 Å². The zero-order valence-corrected chi connectivity index (χ0v) is 16.2. The Morgan fingerprint density at radius 3 is 2.53 bits per heavy atom. The van der Waals surface area contributed by atoms with Gasteiger partial charge in [0.2, 0.25) is 0 Å². The maximum Gasteiger partial charge on any atom is 0.257 e. The van der Waals surface area contributed by atoms with Crippen LogP contribution in [-0.4, -0.2) is 29.2 Å². The van der Waals surface area contributed by atoms with Crippen molar-refractivity contribution >= 4 is 11.6 Å². The van der Waals surface area contributed by atoms with Gasteiger partial charge in [-0.05, 0) is 29.8 Å². The second-order valence-electron chi connectivity index (χ2n) is 7.13. The van der Waals surface area contributed by atoms with E-state index >= 15 is 0 Å². The Kier molecular flexibility index (Phi) is 5.84. The molecule has 0 radical (unpaired) electrons. The van der Waals surface area contributed by atoms with Crippen molar-refractivity contribution in [1.29, 1.82) is 0 Å².